The average Bonchev–Trinajstić information content (AvgIpc) is 2.69. The summed E-state index contributed by atoms with van der Waals surface area (Å²) in [5.41, 5.74) is 1.94. The minimum absolute atomic E-state index is 0.229. The van der Waals surface area contributed by atoms with Gasteiger partial charge in [-0.05, 0) is 55.9 Å². The molecule has 8 heteroatoms. The number of carbonyl (C=O) groups is 1. The number of hydrogen-bond donors (Lipinski definition) is 1. The SMILES string of the molecule is COc1cc(C(=O)Nc2ccc(S(=O)(=O)N3CCN(C)CC3)cc2)ccc1C. The molecule has 28 heavy (non-hydrogen) atoms. The fourth-order valence-corrected chi connectivity index (χ4v) is 4.47. The summed E-state index contributed by atoms with van der Waals surface area (Å²) < 4.78 is 32.3. The Bertz CT molecular complexity index is 950. The first-order valence-corrected chi connectivity index (χ1v) is 10.5. The maximum Gasteiger partial charge on any atom is 0.255 e. The van der Waals surface area contributed by atoms with Crippen LogP contribution in [0.15, 0.2) is 47.4 Å². The number of piperazine rings is 1. The van der Waals surface area contributed by atoms with E-state index in [4.69, 9.17) is 4.74 Å². The van der Waals surface area contributed by atoms with Crippen LogP contribution in [0.2, 0.25) is 0 Å². The van der Waals surface area contributed by atoms with Crippen molar-refractivity contribution in [3.05, 3.63) is 53.6 Å². The Kier molecular flexibility index (Phi) is 6.02. The Morgan fingerprint density at radius 2 is 1.68 bits per heavy atom. The number of nitrogens with one attached hydrogen (secondary N) is 1. The van der Waals surface area contributed by atoms with E-state index in [1.54, 1.807) is 31.4 Å². The third-order valence-corrected chi connectivity index (χ3v) is 6.80. The van der Waals surface area contributed by atoms with Crippen LogP contribution in [0.1, 0.15) is 15.9 Å². The molecule has 1 amide bonds. The highest BCUT2D eigenvalue weighted by molar-refractivity contribution is 7.89. The van der Waals surface area contributed by atoms with E-state index in [0.717, 1.165) is 5.56 Å². The summed E-state index contributed by atoms with van der Waals surface area (Å²) in [7, 11) is 0.0171. The maximum atomic E-state index is 12.8. The fraction of sp³-hybridized carbons (Fsp3) is 0.350. The van der Waals surface area contributed by atoms with E-state index in [0.29, 0.717) is 43.2 Å². The van der Waals surface area contributed by atoms with Crippen molar-refractivity contribution in [2.75, 3.05) is 45.7 Å². The van der Waals surface area contributed by atoms with Crippen molar-refractivity contribution in [2.24, 2.45) is 0 Å². The van der Waals surface area contributed by atoms with Crippen molar-refractivity contribution < 1.29 is 17.9 Å². The molecular weight excluding hydrogens is 378 g/mol. The van der Waals surface area contributed by atoms with Gasteiger partial charge in [-0.25, -0.2) is 8.42 Å². The number of hydrogen-bond acceptors (Lipinski definition) is 5. The standard InChI is InChI=1S/C20H25N3O4S/c1-15-4-5-16(14-19(15)27-3)20(24)21-17-6-8-18(9-7-17)28(25,26)23-12-10-22(2)11-13-23/h4-9,14H,10-13H2,1-3H3,(H,21,24). The van der Waals surface area contributed by atoms with Crippen LogP contribution >= 0.6 is 0 Å². The number of anilines is 1. The van der Waals surface area contributed by atoms with Crippen molar-refractivity contribution in [3.63, 3.8) is 0 Å². The first-order valence-electron chi connectivity index (χ1n) is 9.06. The maximum absolute atomic E-state index is 12.8. The van der Waals surface area contributed by atoms with E-state index in [1.165, 1.54) is 16.4 Å². The van der Waals surface area contributed by atoms with Gasteiger partial charge in [-0.15, -0.1) is 0 Å². The Labute approximate surface area is 166 Å². The number of amides is 1. The highest BCUT2D eigenvalue weighted by Gasteiger charge is 2.27. The molecule has 1 fully saturated rings. The zero-order chi connectivity index (χ0) is 20.3. The number of methoxy groups -OCH3 is 1. The van der Waals surface area contributed by atoms with Gasteiger partial charge >= 0.3 is 0 Å². The van der Waals surface area contributed by atoms with Crippen molar-refractivity contribution in [2.45, 2.75) is 11.8 Å². The van der Waals surface area contributed by atoms with E-state index in [2.05, 4.69) is 10.2 Å². The van der Waals surface area contributed by atoms with Crippen LogP contribution in [0.3, 0.4) is 0 Å². The van der Waals surface area contributed by atoms with Crippen LogP contribution in [0.5, 0.6) is 5.75 Å². The first kappa shape index (κ1) is 20.3. The summed E-state index contributed by atoms with van der Waals surface area (Å²) in [6.45, 7) is 4.29. The normalized spacial score (nSPS) is 16.0. The van der Waals surface area contributed by atoms with Gasteiger partial charge in [-0.1, -0.05) is 6.07 Å². The highest BCUT2D eigenvalue weighted by Crippen LogP contribution is 2.22. The summed E-state index contributed by atoms with van der Waals surface area (Å²) in [5, 5.41) is 2.78. The minimum atomic E-state index is -3.52. The van der Waals surface area contributed by atoms with Crippen molar-refractivity contribution in [3.8, 4) is 5.75 Å². The second kappa shape index (κ2) is 8.30. The van der Waals surface area contributed by atoms with E-state index in [-0.39, 0.29) is 10.8 Å². The van der Waals surface area contributed by atoms with Gasteiger partial charge in [0.1, 0.15) is 5.75 Å². The zero-order valence-electron chi connectivity index (χ0n) is 16.3. The highest BCUT2D eigenvalue weighted by atomic mass is 32.2. The second-order valence-corrected chi connectivity index (χ2v) is 8.81. The molecule has 0 atom stereocenters. The predicted molar refractivity (Wildman–Crippen MR) is 108 cm³/mol. The van der Waals surface area contributed by atoms with Crippen LogP contribution in [-0.2, 0) is 10.0 Å². The lowest BCUT2D eigenvalue weighted by molar-refractivity contribution is 0.102. The molecule has 0 radical (unpaired) electrons. The summed E-state index contributed by atoms with van der Waals surface area (Å²) in [4.78, 5) is 14.8. The number of ether oxygens (including phenoxy) is 1. The summed E-state index contributed by atoms with van der Waals surface area (Å²) in [6, 6.07) is 11.5. The Hall–Kier alpha value is -2.42. The molecule has 1 aliphatic heterocycles. The summed E-state index contributed by atoms with van der Waals surface area (Å²) in [6.07, 6.45) is 0. The molecule has 1 heterocycles. The van der Waals surface area contributed by atoms with Crippen molar-refractivity contribution >= 4 is 21.6 Å². The van der Waals surface area contributed by atoms with Crippen LogP contribution in [0.25, 0.3) is 0 Å². The number of likely N-dealkylation sites (N-methyl/N-ethyl adjacent to an activating group) is 1. The second-order valence-electron chi connectivity index (χ2n) is 6.87. The summed E-state index contributed by atoms with van der Waals surface area (Å²) >= 11 is 0. The van der Waals surface area contributed by atoms with Crippen LogP contribution < -0.4 is 10.1 Å². The number of carbonyl (C=O) groups excluding carboxylic acids is 1. The molecule has 1 aliphatic rings. The number of benzene rings is 2. The topological polar surface area (TPSA) is 78.9 Å². The molecule has 150 valence electrons. The monoisotopic (exact) mass is 403 g/mol. The van der Waals surface area contributed by atoms with E-state index >= 15 is 0 Å². The van der Waals surface area contributed by atoms with Crippen molar-refractivity contribution in [1.29, 1.82) is 0 Å². The van der Waals surface area contributed by atoms with E-state index in [1.807, 2.05) is 20.0 Å². The average molecular weight is 404 g/mol. The van der Waals surface area contributed by atoms with Crippen LogP contribution in [0, 0.1) is 6.92 Å². The van der Waals surface area contributed by atoms with Gasteiger partial charge in [-0.2, -0.15) is 4.31 Å². The molecular formula is C20H25N3O4S. The quantitative estimate of drug-likeness (QED) is 0.828. The summed E-state index contributed by atoms with van der Waals surface area (Å²) in [5.74, 6) is 0.356. The predicted octanol–water partition coefficient (Wildman–Crippen LogP) is 2.19. The van der Waals surface area contributed by atoms with Gasteiger partial charge < -0.3 is 15.0 Å². The van der Waals surface area contributed by atoms with Gasteiger partial charge in [0.2, 0.25) is 10.0 Å². The number of nitrogens with zero attached hydrogens (tertiary/aromatic N) is 2. The Morgan fingerprint density at radius 1 is 1.04 bits per heavy atom. The van der Waals surface area contributed by atoms with Gasteiger partial charge in [0, 0.05) is 37.4 Å². The third kappa shape index (κ3) is 4.35. The number of sulfonamides is 1. The van der Waals surface area contributed by atoms with E-state index < -0.39 is 10.0 Å². The zero-order valence-corrected chi connectivity index (χ0v) is 17.1. The van der Waals surface area contributed by atoms with E-state index in [9.17, 15) is 13.2 Å². The lowest BCUT2D eigenvalue weighted by Crippen LogP contribution is -2.46. The van der Waals surface area contributed by atoms with Gasteiger partial charge in [0.05, 0.1) is 12.0 Å². The lowest BCUT2D eigenvalue weighted by Gasteiger charge is -2.31. The molecule has 7 nitrogen and oxygen atoms in total. The first-order chi connectivity index (χ1) is 13.3. The molecule has 3 rings (SSSR count). The lowest BCUT2D eigenvalue weighted by atomic mass is 10.1. The minimum Gasteiger partial charge on any atom is -0.496 e. The van der Waals surface area contributed by atoms with Crippen LogP contribution in [-0.4, -0.2) is 63.9 Å². The molecule has 0 aromatic heterocycles. The van der Waals surface area contributed by atoms with Gasteiger partial charge in [-0.3, -0.25) is 4.79 Å². The number of rotatable bonds is 5. The van der Waals surface area contributed by atoms with Crippen molar-refractivity contribution in [1.82, 2.24) is 9.21 Å². The Morgan fingerprint density at radius 3 is 2.29 bits per heavy atom. The van der Waals surface area contributed by atoms with Crippen LogP contribution in [0.4, 0.5) is 5.69 Å². The molecule has 2 aromatic carbocycles. The fourth-order valence-electron chi connectivity index (χ4n) is 3.05. The molecule has 0 unspecified atom stereocenters. The Balaban J connectivity index is 1.71. The smallest absolute Gasteiger partial charge is 0.255 e. The molecule has 0 spiro atoms. The molecule has 0 saturated carbocycles. The molecule has 1 saturated heterocycles. The van der Waals surface area contributed by atoms with Gasteiger partial charge in [0.15, 0.2) is 0 Å². The molecule has 1 N–H and O–H groups in total. The molecule has 0 bridgehead atoms. The third-order valence-electron chi connectivity index (χ3n) is 4.88. The largest absolute Gasteiger partial charge is 0.496 e. The van der Waals surface area contributed by atoms with Gasteiger partial charge in [0.25, 0.3) is 5.91 Å². The number of aryl methyl sites for hydroxylation is 1. The molecule has 2 aromatic rings. The molecule has 0 aliphatic carbocycles.